The SMILES string of the molecule is COc1ccc(-c2ccc(C#N)s2)cc1OC. The Morgan fingerprint density at radius 1 is 1.06 bits per heavy atom. The molecule has 0 aliphatic heterocycles. The van der Waals surface area contributed by atoms with Gasteiger partial charge in [-0.2, -0.15) is 5.26 Å². The van der Waals surface area contributed by atoms with Gasteiger partial charge in [0.25, 0.3) is 0 Å². The van der Waals surface area contributed by atoms with Gasteiger partial charge in [0.1, 0.15) is 10.9 Å². The largest absolute Gasteiger partial charge is 0.493 e. The normalized spacial score (nSPS) is 9.71. The van der Waals surface area contributed by atoms with Crippen LogP contribution in [-0.4, -0.2) is 14.2 Å². The third kappa shape index (κ3) is 2.24. The van der Waals surface area contributed by atoms with Crippen molar-refractivity contribution in [2.75, 3.05) is 14.2 Å². The first-order valence-electron chi connectivity index (χ1n) is 5.01. The van der Waals surface area contributed by atoms with Crippen LogP contribution in [0, 0.1) is 11.3 Å². The summed E-state index contributed by atoms with van der Waals surface area (Å²) in [6, 6.07) is 11.6. The molecular weight excluding hydrogens is 234 g/mol. The van der Waals surface area contributed by atoms with Crippen molar-refractivity contribution in [3.63, 3.8) is 0 Å². The monoisotopic (exact) mass is 245 g/mol. The number of nitriles is 1. The first-order chi connectivity index (χ1) is 8.28. The quantitative estimate of drug-likeness (QED) is 0.833. The lowest BCUT2D eigenvalue weighted by atomic mass is 10.1. The Balaban J connectivity index is 2.43. The van der Waals surface area contributed by atoms with Crippen LogP contribution >= 0.6 is 11.3 Å². The minimum absolute atomic E-state index is 0.692. The van der Waals surface area contributed by atoms with E-state index >= 15 is 0 Å². The summed E-state index contributed by atoms with van der Waals surface area (Å²) in [5.74, 6) is 1.39. The van der Waals surface area contributed by atoms with E-state index in [2.05, 4.69) is 6.07 Å². The molecule has 0 unspecified atom stereocenters. The standard InChI is InChI=1S/C13H11NO2S/c1-15-11-5-3-9(7-12(11)16-2)13-6-4-10(8-14)17-13/h3-7H,1-2H3. The Morgan fingerprint density at radius 2 is 1.82 bits per heavy atom. The van der Waals surface area contributed by atoms with Gasteiger partial charge in [-0.15, -0.1) is 11.3 Å². The highest BCUT2D eigenvalue weighted by Crippen LogP contribution is 2.35. The molecule has 0 aliphatic carbocycles. The number of hydrogen-bond acceptors (Lipinski definition) is 4. The predicted molar refractivity (Wildman–Crippen MR) is 67.6 cm³/mol. The van der Waals surface area contributed by atoms with Crippen LogP contribution < -0.4 is 9.47 Å². The molecule has 86 valence electrons. The second kappa shape index (κ2) is 4.89. The zero-order valence-electron chi connectivity index (χ0n) is 9.56. The molecule has 0 saturated carbocycles. The first kappa shape index (κ1) is 11.5. The molecule has 3 nitrogen and oxygen atoms in total. The van der Waals surface area contributed by atoms with E-state index in [-0.39, 0.29) is 0 Å². The molecule has 1 aromatic heterocycles. The molecule has 17 heavy (non-hydrogen) atoms. The first-order valence-corrected chi connectivity index (χ1v) is 5.82. The maximum Gasteiger partial charge on any atom is 0.161 e. The molecule has 0 saturated heterocycles. The van der Waals surface area contributed by atoms with Crippen LogP contribution in [0.3, 0.4) is 0 Å². The zero-order chi connectivity index (χ0) is 12.3. The average Bonchev–Trinajstić information content (AvgIpc) is 2.86. The molecule has 0 N–H and O–H groups in total. The van der Waals surface area contributed by atoms with Crippen LogP contribution in [0.25, 0.3) is 10.4 Å². The van der Waals surface area contributed by atoms with Gasteiger partial charge in [-0.05, 0) is 35.9 Å². The molecule has 4 heteroatoms. The van der Waals surface area contributed by atoms with E-state index in [9.17, 15) is 0 Å². The minimum Gasteiger partial charge on any atom is -0.493 e. The highest BCUT2D eigenvalue weighted by Gasteiger charge is 2.07. The van der Waals surface area contributed by atoms with Crippen molar-refractivity contribution in [2.24, 2.45) is 0 Å². The van der Waals surface area contributed by atoms with Crippen molar-refractivity contribution >= 4 is 11.3 Å². The van der Waals surface area contributed by atoms with Crippen molar-refractivity contribution in [1.82, 2.24) is 0 Å². The third-order valence-corrected chi connectivity index (χ3v) is 3.42. The topological polar surface area (TPSA) is 42.2 Å². The fourth-order valence-corrected chi connectivity index (χ4v) is 2.34. The summed E-state index contributed by atoms with van der Waals surface area (Å²) in [6.07, 6.45) is 0. The molecule has 0 radical (unpaired) electrons. The van der Waals surface area contributed by atoms with Crippen LogP contribution in [-0.2, 0) is 0 Å². The molecular formula is C13H11NO2S. The molecule has 0 spiro atoms. The smallest absolute Gasteiger partial charge is 0.161 e. The van der Waals surface area contributed by atoms with Crippen molar-refractivity contribution < 1.29 is 9.47 Å². The maximum atomic E-state index is 8.80. The summed E-state index contributed by atoms with van der Waals surface area (Å²) in [5, 5.41) is 8.80. The van der Waals surface area contributed by atoms with Crippen LogP contribution in [0.5, 0.6) is 11.5 Å². The van der Waals surface area contributed by atoms with E-state index in [1.54, 1.807) is 14.2 Å². The lowest BCUT2D eigenvalue weighted by Crippen LogP contribution is -1.90. The van der Waals surface area contributed by atoms with Crippen LogP contribution in [0.2, 0.25) is 0 Å². The molecule has 1 aromatic carbocycles. The van der Waals surface area contributed by atoms with Gasteiger partial charge >= 0.3 is 0 Å². The number of ether oxygens (including phenoxy) is 2. The van der Waals surface area contributed by atoms with Gasteiger partial charge in [0.15, 0.2) is 11.5 Å². The third-order valence-electron chi connectivity index (χ3n) is 2.38. The average molecular weight is 245 g/mol. The molecule has 0 atom stereocenters. The Bertz CT molecular complexity index is 569. The van der Waals surface area contributed by atoms with E-state index in [0.717, 1.165) is 10.4 Å². The fraction of sp³-hybridized carbons (Fsp3) is 0.154. The number of hydrogen-bond donors (Lipinski definition) is 0. The molecule has 0 aliphatic rings. The van der Waals surface area contributed by atoms with E-state index in [0.29, 0.717) is 16.4 Å². The zero-order valence-corrected chi connectivity index (χ0v) is 10.4. The van der Waals surface area contributed by atoms with Crippen LogP contribution in [0.1, 0.15) is 4.88 Å². The van der Waals surface area contributed by atoms with Gasteiger partial charge < -0.3 is 9.47 Å². The van der Waals surface area contributed by atoms with Crippen molar-refractivity contribution in [2.45, 2.75) is 0 Å². The van der Waals surface area contributed by atoms with Gasteiger partial charge in [-0.3, -0.25) is 0 Å². The molecule has 2 aromatic rings. The number of nitrogens with zero attached hydrogens (tertiary/aromatic N) is 1. The number of methoxy groups -OCH3 is 2. The van der Waals surface area contributed by atoms with Crippen molar-refractivity contribution in [3.8, 4) is 28.0 Å². The van der Waals surface area contributed by atoms with Crippen LogP contribution in [0.15, 0.2) is 30.3 Å². The number of rotatable bonds is 3. The molecule has 0 bridgehead atoms. The number of benzene rings is 1. The number of thiophene rings is 1. The van der Waals surface area contributed by atoms with E-state index in [1.165, 1.54) is 11.3 Å². The molecule has 0 fully saturated rings. The summed E-state index contributed by atoms with van der Waals surface area (Å²) >= 11 is 1.46. The van der Waals surface area contributed by atoms with Gasteiger partial charge in [0, 0.05) is 4.88 Å². The van der Waals surface area contributed by atoms with Gasteiger partial charge in [-0.25, -0.2) is 0 Å². The summed E-state index contributed by atoms with van der Waals surface area (Å²) in [7, 11) is 3.22. The summed E-state index contributed by atoms with van der Waals surface area (Å²) < 4.78 is 10.4. The fourth-order valence-electron chi connectivity index (χ4n) is 1.54. The van der Waals surface area contributed by atoms with Gasteiger partial charge in [0.05, 0.1) is 14.2 Å². The summed E-state index contributed by atoms with van der Waals surface area (Å²) in [5.41, 5.74) is 1.02. The Labute approximate surface area is 104 Å². The Kier molecular flexibility index (Phi) is 3.31. The molecule has 1 heterocycles. The second-order valence-corrected chi connectivity index (χ2v) is 4.43. The van der Waals surface area contributed by atoms with E-state index in [1.807, 2.05) is 30.3 Å². The van der Waals surface area contributed by atoms with Crippen molar-refractivity contribution in [1.29, 1.82) is 5.26 Å². The van der Waals surface area contributed by atoms with Crippen molar-refractivity contribution in [3.05, 3.63) is 35.2 Å². The Hall–Kier alpha value is -1.99. The lowest BCUT2D eigenvalue weighted by molar-refractivity contribution is 0.355. The van der Waals surface area contributed by atoms with Crippen LogP contribution in [0.4, 0.5) is 0 Å². The highest BCUT2D eigenvalue weighted by atomic mass is 32.1. The molecule has 2 rings (SSSR count). The summed E-state index contributed by atoms with van der Waals surface area (Å²) in [6.45, 7) is 0. The highest BCUT2D eigenvalue weighted by molar-refractivity contribution is 7.16. The minimum atomic E-state index is 0.692. The van der Waals surface area contributed by atoms with Gasteiger partial charge in [0.2, 0.25) is 0 Å². The van der Waals surface area contributed by atoms with E-state index in [4.69, 9.17) is 14.7 Å². The Morgan fingerprint density at radius 3 is 2.41 bits per heavy atom. The van der Waals surface area contributed by atoms with Gasteiger partial charge in [-0.1, -0.05) is 0 Å². The molecule has 0 amide bonds. The summed E-state index contributed by atoms with van der Waals surface area (Å²) in [4.78, 5) is 1.75. The predicted octanol–water partition coefficient (Wildman–Crippen LogP) is 3.30. The lowest BCUT2D eigenvalue weighted by Gasteiger charge is -2.08. The maximum absolute atomic E-state index is 8.80. The van der Waals surface area contributed by atoms with E-state index < -0.39 is 0 Å². The second-order valence-electron chi connectivity index (χ2n) is 3.35.